The van der Waals surface area contributed by atoms with Crippen LogP contribution >= 0.6 is 0 Å². The van der Waals surface area contributed by atoms with Crippen molar-refractivity contribution in [2.75, 3.05) is 18.0 Å². The number of amides is 1. The van der Waals surface area contributed by atoms with Crippen LogP contribution in [0.2, 0.25) is 0 Å². The minimum atomic E-state index is -1.25. The summed E-state index contributed by atoms with van der Waals surface area (Å²) in [5, 5.41) is 13.5. The number of carboxylic acid groups (broad SMARTS) is 1. The summed E-state index contributed by atoms with van der Waals surface area (Å²) in [5.74, 6) is -2.26. The van der Waals surface area contributed by atoms with Gasteiger partial charge in [0, 0.05) is 17.9 Å². The summed E-state index contributed by atoms with van der Waals surface area (Å²) >= 11 is 0. The van der Waals surface area contributed by atoms with Gasteiger partial charge in [-0.15, -0.1) is 5.01 Å². The molecule has 2 heterocycles. The number of amidine groups is 1. The van der Waals surface area contributed by atoms with Gasteiger partial charge >= 0.3 is 5.97 Å². The third kappa shape index (κ3) is 3.70. The number of hydrogen-bond donors (Lipinski definition) is 1. The number of carbonyl (C=O) groups is 2. The number of aryl methyl sites for hydroxylation is 2. The standard InChI is InChI=1S/C24H19N5O3/c1-15-6-9-18(10-7-15)28-12-4-5-16-13-17(8-11-19(16)28)22(25-2)21-23(26-3)27-29(24(21)32)14-20(30)31/h6-11,13H,4-5,12,14H2,1H3,(H,30,31)/b22-21+. The first kappa shape index (κ1) is 20.8. The zero-order chi connectivity index (χ0) is 22.8. The smallest absolute Gasteiger partial charge is 0.327 e. The number of benzene rings is 2. The molecule has 8 nitrogen and oxygen atoms in total. The van der Waals surface area contributed by atoms with Gasteiger partial charge in [-0.2, -0.15) is 0 Å². The number of hydrogen-bond acceptors (Lipinski definition) is 4. The predicted octanol–water partition coefficient (Wildman–Crippen LogP) is 3.87. The number of fused-ring (bicyclic) bond motifs is 1. The van der Waals surface area contributed by atoms with Gasteiger partial charge in [-0.1, -0.05) is 36.4 Å². The van der Waals surface area contributed by atoms with Crippen LogP contribution in [0, 0.1) is 20.1 Å². The maximum absolute atomic E-state index is 12.7. The normalized spacial score (nSPS) is 16.7. The minimum Gasteiger partial charge on any atom is -0.480 e. The summed E-state index contributed by atoms with van der Waals surface area (Å²) in [6.07, 6.45) is 1.77. The first-order valence-electron chi connectivity index (χ1n) is 10.0. The van der Waals surface area contributed by atoms with Crippen molar-refractivity contribution in [3.63, 3.8) is 0 Å². The van der Waals surface area contributed by atoms with Gasteiger partial charge in [0.2, 0.25) is 0 Å². The Morgan fingerprint density at radius 1 is 1.19 bits per heavy atom. The topological polar surface area (TPSA) is 81.9 Å². The van der Waals surface area contributed by atoms with Crippen LogP contribution in [0.5, 0.6) is 0 Å². The second kappa shape index (κ2) is 8.37. The molecule has 0 saturated carbocycles. The second-order valence-corrected chi connectivity index (χ2v) is 7.56. The molecular weight excluding hydrogens is 406 g/mol. The summed E-state index contributed by atoms with van der Waals surface area (Å²) < 4.78 is 0. The molecule has 1 amide bonds. The molecule has 2 aliphatic heterocycles. The summed E-state index contributed by atoms with van der Waals surface area (Å²) in [6.45, 7) is 17.3. The van der Waals surface area contributed by atoms with Crippen molar-refractivity contribution < 1.29 is 14.7 Å². The molecule has 0 radical (unpaired) electrons. The Balaban J connectivity index is 1.76. The number of carbonyl (C=O) groups excluding carboxylic acids is 1. The van der Waals surface area contributed by atoms with E-state index in [-0.39, 0.29) is 17.1 Å². The Morgan fingerprint density at radius 3 is 2.59 bits per heavy atom. The van der Waals surface area contributed by atoms with E-state index in [1.165, 1.54) is 5.56 Å². The van der Waals surface area contributed by atoms with Crippen molar-refractivity contribution in [1.82, 2.24) is 5.01 Å². The zero-order valence-electron chi connectivity index (χ0n) is 17.4. The fourth-order valence-electron chi connectivity index (χ4n) is 3.96. The predicted molar refractivity (Wildman–Crippen MR) is 120 cm³/mol. The molecule has 0 spiro atoms. The molecule has 8 heteroatoms. The van der Waals surface area contributed by atoms with Crippen LogP contribution in [0.4, 0.5) is 11.4 Å². The highest BCUT2D eigenvalue weighted by atomic mass is 16.4. The van der Waals surface area contributed by atoms with Gasteiger partial charge in [-0.05, 0) is 54.2 Å². The maximum atomic E-state index is 12.7. The van der Waals surface area contributed by atoms with Gasteiger partial charge < -0.3 is 14.9 Å². The SMILES string of the molecule is [C-]#[N+]C1=NN(CC(=O)O)C(=O)/C1=C(/[N+]#[C-])c1ccc2c(c1)CCCN2c1ccc(C)cc1. The van der Waals surface area contributed by atoms with Gasteiger partial charge in [-0.3, -0.25) is 9.59 Å². The molecule has 158 valence electrons. The number of carboxylic acids is 1. The van der Waals surface area contributed by atoms with E-state index in [1.54, 1.807) is 6.07 Å². The van der Waals surface area contributed by atoms with E-state index in [9.17, 15) is 9.59 Å². The molecule has 0 saturated heterocycles. The average molecular weight is 425 g/mol. The van der Waals surface area contributed by atoms with E-state index in [4.69, 9.17) is 18.3 Å². The fourth-order valence-corrected chi connectivity index (χ4v) is 3.96. The van der Waals surface area contributed by atoms with Crippen molar-refractivity contribution in [3.05, 3.63) is 87.6 Å². The van der Waals surface area contributed by atoms with Crippen LogP contribution in [0.25, 0.3) is 15.4 Å². The summed E-state index contributed by atoms with van der Waals surface area (Å²) in [7, 11) is 0. The van der Waals surface area contributed by atoms with E-state index in [0.717, 1.165) is 36.3 Å². The largest absolute Gasteiger partial charge is 0.480 e. The lowest BCUT2D eigenvalue weighted by Gasteiger charge is -2.32. The van der Waals surface area contributed by atoms with Crippen LogP contribution in [-0.2, 0) is 16.0 Å². The molecule has 0 atom stereocenters. The molecule has 0 bridgehead atoms. The van der Waals surface area contributed by atoms with Gasteiger partial charge in [-0.25, -0.2) is 4.85 Å². The minimum absolute atomic E-state index is 0.00731. The monoisotopic (exact) mass is 425 g/mol. The average Bonchev–Trinajstić information content (AvgIpc) is 3.09. The van der Waals surface area contributed by atoms with E-state index in [2.05, 4.69) is 44.0 Å². The van der Waals surface area contributed by atoms with Crippen LogP contribution < -0.4 is 4.90 Å². The molecule has 0 aromatic heterocycles. The van der Waals surface area contributed by atoms with Crippen molar-refractivity contribution in [3.8, 4) is 0 Å². The van der Waals surface area contributed by atoms with Gasteiger partial charge in [0.15, 0.2) is 12.2 Å². The van der Waals surface area contributed by atoms with Crippen LogP contribution in [-0.4, -0.2) is 40.9 Å². The van der Waals surface area contributed by atoms with Crippen LogP contribution in [0.15, 0.2) is 53.1 Å². The summed E-state index contributed by atoms with van der Waals surface area (Å²) in [6, 6.07) is 13.9. The molecule has 4 rings (SSSR count). The van der Waals surface area contributed by atoms with E-state index in [1.807, 2.05) is 19.1 Å². The summed E-state index contributed by atoms with van der Waals surface area (Å²) in [4.78, 5) is 32.8. The lowest BCUT2D eigenvalue weighted by Crippen LogP contribution is -2.28. The van der Waals surface area contributed by atoms with Crippen molar-refractivity contribution in [2.45, 2.75) is 19.8 Å². The third-order valence-corrected chi connectivity index (χ3v) is 5.44. The Bertz CT molecular complexity index is 1260. The number of rotatable bonds is 4. The number of nitrogens with zero attached hydrogens (tertiary/aromatic N) is 5. The lowest BCUT2D eigenvalue weighted by atomic mass is 9.96. The second-order valence-electron chi connectivity index (χ2n) is 7.56. The first-order chi connectivity index (χ1) is 15.4. The number of aliphatic carboxylic acids is 1. The Labute approximate surface area is 185 Å². The van der Waals surface area contributed by atoms with E-state index < -0.39 is 18.4 Å². The first-order valence-corrected chi connectivity index (χ1v) is 10.0. The van der Waals surface area contributed by atoms with Gasteiger partial charge in [0.1, 0.15) is 0 Å². The number of anilines is 2. The molecule has 2 aromatic rings. The Morgan fingerprint density at radius 2 is 1.94 bits per heavy atom. The van der Waals surface area contributed by atoms with Crippen LogP contribution in [0.1, 0.15) is 23.1 Å². The number of hydrazone groups is 1. The lowest BCUT2D eigenvalue weighted by molar-refractivity contribution is -0.142. The molecule has 32 heavy (non-hydrogen) atoms. The quantitative estimate of drug-likeness (QED) is 0.596. The molecule has 0 fully saturated rings. The van der Waals surface area contributed by atoms with Gasteiger partial charge in [0.05, 0.1) is 12.1 Å². The van der Waals surface area contributed by atoms with Crippen molar-refractivity contribution >= 4 is 34.8 Å². The highest BCUT2D eigenvalue weighted by Crippen LogP contribution is 2.36. The molecule has 2 aromatic carbocycles. The fraction of sp³-hybridized carbons (Fsp3) is 0.208. The molecule has 0 aliphatic carbocycles. The van der Waals surface area contributed by atoms with Gasteiger partial charge in [0.25, 0.3) is 11.7 Å². The molecular formula is C24H19N5O3. The van der Waals surface area contributed by atoms with E-state index in [0.29, 0.717) is 10.6 Å². The van der Waals surface area contributed by atoms with E-state index >= 15 is 0 Å². The molecule has 0 unspecified atom stereocenters. The molecule has 1 N–H and O–H groups in total. The Kier molecular flexibility index (Phi) is 5.44. The van der Waals surface area contributed by atoms with Crippen LogP contribution in [0.3, 0.4) is 0 Å². The highest BCUT2D eigenvalue weighted by Gasteiger charge is 2.37. The maximum Gasteiger partial charge on any atom is 0.327 e. The van der Waals surface area contributed by atoms with Crippen molar-refractivity contribution in [1.29, 1.82) is 0 Å². The Hall–Kier alpha value is -4.43. The summed E-state index contributed by atoms with van der Waals surface area (Å²) in [5.41, 5.74) is 4.74. The molecule has 2 aliphatic rings. The third-order valence-electron chi connectivity index (χ3n) is 5.44. The zero-order valence-corrected chi connectivity index (χ0v) is 17.4. The highest BCUT2D eigenvalue weighted by molar-refractivity contribution is 6.32. The van der Waals surface area contributed by atoms with Crippen molar-refractivity contribution in [2.24, 2.45) is 5.10 Å².